The van der Waals surface area contributed by atoms with Crippen LogP contribution in [0.4, 0.5) is 0 Å². The van der Waals surface area contributed by atoms with Gasteiger partial charge in [-0.3, -0.25) is 4.68 Å². The summed E-state index contributed by atoms with van der Waals surface area (Å²) in [5.41, 5.74) is 6.85. The van der Waals surface area contributed by atoms with Crippen LogP contribution in [0, 0.1) is 13.8 Å². The Bertz CT molecular complexity index is 529. The molecule has 0 bridgehead atoms. The number of nitrogens with zero attached hydrogens (tertiary/aromatic N) is 1. The average Bonchev–Trinajstić information content (AvgIpc) is 2.67. The van der Waals surface area contributed by atoms with Crippen LogP contribution in [-0.4, -0.2) is 11.8 Å². The lowest BCUT2D eigenvalue weighted by Gasteiger charge is -2.13. The maximum absolute atomic E-state index is 6.09. The summed E-state index contributed by atoms with van der Waals surface area (Å²) in [6.45, 7) is 4.86. The number of aromatic nitrogens is 1. The number of ether oxygens (including phenoxy) is 1. The Balaban J connectivity index is 2.09. The van der Waals surface area contributed by atoms with Crippen LogP contribution in [0.15, 0.2) is 30.3 Å². The highest BCUT2D eigenvalue weighted by atomic mass is 35.5. The van der Waals surface area contributed by atoms with Crippen LogP contribution in [0.1, 0.15) is 17.0 Å². The molecule has 0 aliphatic rings. The molecule has 1 heterocycles. The number of benzene rings is 1. The van der Waals surface area contributed by atoms with E-state index in [-0.39, 0.29) is 0 Å². The van der Waals surface area contributed by atoms with Crippen molar-refractivity contribution in [2.45, 2.75) is 20.4 Å². The molecule has 1 aromatic carbocycles. The molecule has 0 atom stereocenters. The van der Waals surface area contributed by atoms with Crippen molar-refractivity contribution in [1.82, 2.24) is 4.68 Å². The first-order valence-corrected chi connectivity index (χ1v) is 6.21. The lowest BCUT2D eigenvalue weighted by Crippen LogP contribution is -2.16. The molecule has 0 unspecified atom stereocenters. The minimum atomic E-state index is 0.637. The first kappa shape index (κ1) is 12.8. The van der Waals surface area contributed by atoms with Gasteiger partial charge in [-0.15, -0.1) is 0 Å². The SMILES string of the molecule is COc1ccc(CNn2c(C)ccc2C)cc1Cl. The number of halogens is 1. The van der Waals surface area contributed by atoms with Crippen LogP contribution in [0.3, 0.4) is 0 Å². The van der Waals surface area contributed by atoms with Gasteiger partial charge in [-0.2, -0.15) is 0 Å². The van der Waals surface area contributed by atoms with E-state index in [2.05, 4.69) is 36.1 Å². The highest BCUT2D eigenvalue weighted by Crippen LogP contribution is 2.24. The zero-order valence-electron chi connectivity index (χ0n) is 10.8. The fourth-order valence-electron chi connectivity index (χ4n) is 1.91. The first-order valence-electron chi connectivity index (χ1n) is 5.83. The molecule has 0 radical (unpaired) electrons. The summed E-state index contributed by atoms with van der Waals surface area (Å²) in [4.78, 5) is 0. The van der Waals surface area contributed by atoms with E-state index in [4.69, 9.17) is 16.3 Å². The summed E-state index contributed by atoms with van der Waals surface area (Å²) in [6, 6.07) is 9.98. The predicted octanol–water partition coefficient (Wildman–Crippen LogP) is 3.51. The molecule has 18 heavy (non-hydrogen) atoms. The largest absolute Gasteiger partial charge is 0.495 e. The maximum Gasteiger partial charge on any atom is 0.137 e. The molecule has 96 valence electrons. The van der Waals surface area contributed by atoms with Gasteiger partial charge in [0.2, 0.25) is 0 Å². The number of aryl methyl sites for hydroxylation is 2. The Morgan fingerprint density at radius 2 is 1.83 bits per heavy atom. The fourth-order valence-corrected chi connectivity index (χ4v) is 2.19. The van der Waals surface area contributed by atoms with Crippen molar-refractivity contribution in [3.8, 4) is 5.75 Å². The van der Waals surface area contributed by atoms with E-state index in [1.807, 2.05) is 18.2 Å². The van der Waals surface area contributed by atoms with Crippen molar-refractivity contribution in [2.24, 2.45) is 0 Å². The number of hydrogen-bond acceptors (Lipinski definition) is 2. The molecule has 1 N–H and O–H groups in total. The molecule has 3 nitrogen and oxygen atoms in total. The smallest absolute Gasteiger partial charge is 0.137 e. The normalized spacial score (nSPS) is 10.4. The van der Waals surface area contributed by atoms with E-state index in [1.165, 1.54) is 11.4 Å². The molecule has 0 fully saturated rings. The highest BCUT2D eigenvalue weighted by molar-refractivity contribution is 6.32. The third-order valence-electron chi connectivity index (χ3n) is 2.93. The van der Waals surface area contributed by atoms with Crippen LogP contribution in [-0.2, 0) is 6.54 Å². The molecule has 2 rings (SSSR count). The second-order valence-electron chi connectivity index (χ2n) is 4.26. The maximum atomic E-state index is 6.09. The third kappa shape index (κ3) is 2.62. The van der Waals surface area contributed by atoms with Crippen molar-refractivity contribution in [3.05, 3.63) is 52.3 Å². The molecule has 2 aromatic rings. The zero-order valence-corrected chi connectivity index (χ0v) is 11.6. The number of nitrogens with one attached hydrogen (secondary N) is 1. The molecule has 1 aromatic heterocycles. The Hall–Kier alpha value is -1.61. The molecule has 0 aliphatic carbocycles. The molecule has 0 saturated carbocycles. The molecule has 0 spiro atoms. The van der Waals surface area contributed by atoms with Crippen molar-refractivity contribution >= 4 is 11.6 Å². The summed E-state index contributed by atoms with van der Waals surface area (Å²) in [6.07, 6.45) is 0. The lowest BCUT2D eigenvalue weighted by molar-refractivity contribution is 0.415. The van der Waals surface area contributed by atoms with E-state index in [0.717, 1.165) is 12.1 Å². The van der Waals surface area contributed by atoms with E-state index < -0.39 is 0 Å². The number of methoxy groups -OCH3 is 1. The summed E-state index contributed by atoms with van der Waals surface area (Å²) >= 11 is 6.09. The number of rotatable bonds is 4. The topological polar surface area (TPSA) is 26.2 Å². The lowest BCUT2D eigenvalue weighted by atomic mass is 10.2. The van der Waals surface area contributed by atoms with Crippen LogP contribution in [0.5, 0.6) is 5.75 Å². The van der Waals surface area contributed by atoms with Gasteiger partial charge >= 0.3 is 0 Å². The van der Waals surface area contributed by atoms with E-state index >= 15 is 0 Å². The molecular weight excluding hydrogens is 248 g/mol. The van der Waals surface area contributed by atoms with Crippen LogP contribution < -0.4 is 10.2 Å². The standard InChI is InChI=1S/C14H17ClN2O/c1-10-4-5-11(2)17(10)16-9-12-6-7-14(18-3)13(15)8-12/h4-8,16H,9H2,1-3H3. The summed E-state index contributed by atoms with van der Waals surface area (Å²) in [5.74, 6) is 0.703. The monoisotopic (exact) mass is 264 g/mol. The quantitative estimate of drug-likeness (QED) is 0.915. The summed E-state index contributed by atoms with van der Waals surface area (Å²) in [7, 11) is 1.62. The van der Waals surface area contributed by atoms with Crippen LogP contribution in [0.25, 0.3) is 0 Å². The minimum Gasteiger partial charge on any atom is -0.495 e. The molecule has 0 aliphatic heterocycles. The number of hydrogen-bond donors (Lipinski definition) is 1. The van der Waals surface area contributed by atoms with Crippen LogP contribution >= 0.6 is 11.6 Å². The second kappa shape index (κ2) is 5.36. The van der Waals surface area contributed by atoms with Gasteiger partial charge in [0.05, 0.1) is 18.7 Å². The summed E-state index contributed by atoms with van der Waals surface area (Å²) < 4.78 is 7.20. The first-order chi connectivity index (χ1) is 8.61. The Morgan fingerprint density at radius 3 is 2.39 bits per heavy atom. The molecular formula is C14H17ClN2O. The predicted molar refractivity (Wildman–Crippen MR) is 75.0 cm³/mol. The molecule has 0 amide bonds. The zero-order chi connectivity index (χ0) is 13.1. The Labute approximate surface area is 112 Å². The van der Waals surface area contributed by atoms with Gasteiger partial charge < -0.3 is 10.2 Å². The molecule has 4 heteroatoms. The van der Waals surface area contributed by atoms with Gasteiger partial charge in [0.15, 0.2) is 0 Å². The van der Waals surface area contributed by atoms with Gasteiger partial charge in [-0.1, -0.05) is 17.7 Å². The minimum absolute atomic E-state index is 0.637. The van der Waals surface area contributed by atoms with Crippen LogP contribution in [0.2, 0.25) is 5.02 Å². The van der Waals surface area contributed by atoms with Crippen molar-refractivity contribution in [1.29, 1.82) is 0 Å². The van der Waals surface area contributed by atoms with Gasteiger partial charge in [-0.05, 0) is 43.7 Å². The highest BCUT2D eigenvalue weighted by Gasteiger charge is 2.03. The van der Waals surface area contributed by atoms with Crippen molar-refractivity contribution < 1.29 is 4.74 Å². The molecule has 0 saturated heterocycles. The third-order valence-corrected chi connectivity index (χ3v) is 3.22. The average molecular weight is 265 g/mol. The van der Waals surface area contributed by atoms with E-state index in [9.17, 15) is 0 Å². The fraction of sp³-hybridized carbons (Fsp3) is 0.286. The van der Waals surface area contributed by atoms with E-state index in [1.54, 1.807) is 7.11 Å². The Morgan fingerprint density at radius 1 is 1.17 bits per heavy atom. The van der Waals surface area contributed by atoms with Gasteiger partial charge in [0.25, 0.3) is 0 Å². The van der Waals surface area contributed by atoms with Gasteiger partial charge in [0.1, 0.15) is 5.75 Å². The van der Waals surface area contributed by atoms with Gasteiger partial charge in [-0.25, -0.2) is 0 Å². The summed E-state index contributed by atoms with van der Waals surface area (Å²) in [5, 5.41) is 0.637. The second-order valence-corrected chi connectivity index (χ2v) is 4.66. The van der Waals surface area contributed by atoms with Crippen molar-refractivity contribution in [2.75, 3.05) is 12.5 Å². The Kier molecular flexibility index (Phi) is 3.82. The van der Waals surface area contributed by atoms with E-state index in [0.29, 0.717) is 10.8 Å². The van der Waals surface area contributed by atoms with Crippen molar-refractivity contribution in [3.63, 3.8) is 0 Å². The van der Waals surface area contributed by atoms with Gasteiger partial charge in [0, 0.05) is 11.4 Å².